The molecule has 0 spiro atoms. The zero-order valence-corrected chi connectivity index (χ0v) is 11.2. The van der Waals surface area contributed by atoms with Crippen LogP contribution in [0.1, 0.15) is 34.8 Å². The van der Waals surface area contributed by atoms with Crippen molar-refractivity contribution in [1.82, 2.24) is 9.78 Å². The topological polar surface area (TPSA) is 34.9 Å². The van der Waals surface area contributed by atoms with E-state index in [2.05, 4.69) is 12.0 Å². The molecule has 18 heavy (non-hydrogen) atoms. The molecule has 0 fully saturated rings. The van der Waals surface area contributed by atoms with Crippen LogP contribution in [0.2, 0.25) is 5.02 Å². The van der Waals surface area contributed by atoms with Crippen molar-refractivity contribution in [3.05, 3.63) is 52.3 Å². The quantitative estimate of drug-likeness (QED) is 0.791. The Morgan fingerprint density at radius 1 is 1.44 bits per heavy atom. The molecule has 0 unspecified atom stereocenters. The standard InChI is InChI=1S/C14H15ClN2O/c1-3-6-17-9-11(8-16-17)14(18)12-5-4-10(2)7-13(12)15/h4-5,7-9H,3,6H2,1-2H3. The number of halogens is 1. The van der Waals surface area contributed by atoms with Crippen LogP contribution in [-0.4, -0.2) is 15.6 Å². The zero-order valence-electron chi connectivity index (χ0n) is 10.5. The van der Waals surface area contributed by atoms with E-state index < -0.39 is 0 Å². The van der Waals surface area contributed by atoms with Gasteiger partial charge in [-0.25, -0.2) is 0 Å². The van der Waals surface area contributed by atoms with Gasteiger partial charge in [0, 0.05) is 18.3 Å². The first-order valence-corrected chi connectivity index (χ1v) is 6.33. The molecule has 0 bridgehead atoms. The SMILES string of the molecule is CCCn1cc(C(=O)c2ccc(C)cc2Cl)cn1. The van der Waals surface area contributed by atoms with E-state index in [1.165, 1.54) is 0 Å². The highest BCUT2D eigenvalue weighted by atomic mass is 35.5. The average molecular weight is 263 g/mol. The Labute approximate surface area is 111 Å². The number of benzene rings is 1. The van der Waals surface area contributed by atoms with Gasteiger partial charge in [0.05, 0.1) is 16.8 Å². The van der Waals surface area contributed by atoms with Crippen LogP contribution in [0.3, 0.4) is 0 Å². The maximum absolute atomic E-state index is 12.3. The summed E-state index contributed by atoms with van der Waals surface area (Å²) in [7, 11) is 0. The molecule has 0 N–H and O–H groups in total. The van der Waals surface area contributed by atoms with Crippen LogP contribution in [0.4, 0.5) is 0 Å². The minimum absolute atomic E-state index is 0.0812. The maximum atomic E-state index is 12.3. The highest BCUT2D eigenvalue weighted by molar-refractivity contribution is 6.35. The van der Waals surface area contributed by atoms with Crippen molar-refractivity contribution in [2.75, 3.05) is 0 Å². The van der Waals surface area contributed by atoms with Crippen molar-refractivity contribution >= 4 is 17.4 Å². The first kappa shape index (κ1) is 12.8. The van der Waals surface area contributed by atoms with Crippen LogP contribution in [0, 0.1) is 6.92 Å². The van der Waals surface area contributed by atoms with Gasteiger partial charge in [-0.3, -0.25) is 9.48 Å². The first-order chi connectivity index (χ1) is 8.61. The van der Waals surface area contributed by atoms with Crippen LogP contribution >= 0.6 is 11.6 Å². The Balaban J connectivity index is 2.29. The molecule has 1 aromatic heterocycles. The third kappa shape index (κ3) is 2.62. The molecule has 0 aliphatic rings. The molecule has 1 aromatic carbocycles. The molecule has 0 aliphatic carbocycles. The van der Waals surface area contributed by atoms with E-state index in [9.17, 15) is 4.79 Å². The summed E-state index contributed by atoms with van der Waals surface area (Å²) in [6, 6.07) is 5.44. The molecule has 2 aromatic rings. The number of aromatic nitrogens is 2. The Morgan fingerprint density at radius 3 is 2.89 bits per heavy atom. The lowest BCUT2D eigenvalue weighted by Crippen LogP contribution is -2.01. The van der Waals surface area contributed by atoms with Crippen LogP contribution in [0.15, 0.2) is 30.6 Å². The van der Waals surface area contributed by atoms with Crippen molar-refractivity contribution in [2.45, 2.75) is 26.8 Å². The van der Waals surface area contributed by atoms with E-state index in [1.54, 1.807) is 29.2 Å². The second-order valence-electron chi connectivity index (χ2n) is 4.30. The molecule has 0 saturated heterocycles. The predicted octanol–water partition coefficient (Wildman–Crippen LogP) is 3.49. The van der Waals surface area contributed by atoms with E-state index >= 15 is 0 Å². The fourth-order valence-corrected chi connectivity index (χ4v) is 2.11. The molecule has 0 saturated carbocycles. The molecule has 3 nitrogen and oxygen atoms in total. The molecule has 94 valence electrons. The van der Waals surface area contributed by atoms with E-state index in [1.807, 2.05) is 13.0 Å². The summed E-state index contributed by atoms with van der Waals surface area (Å²) in [6.07, 6.45) is 4.34. The van der Waals surface area contributed by atoms with Crippen molar-refractivity contribution in [3.63, 3.8) is 0 Å². The number of hydrogen-bond donors (Lipinski definition) is 0. The zero-order chi connectivity index (χ0) is 13.1. The molecule has 2 rings (SSSR count). The number of rotatable bonds is 4. The van der Waals surface area contributed by atoms with Gasteiger partial charge in [0.1, 0.15) is 0 Å². The molecule has 0 atom stereocenters. The maximum Gasteiger partial charge on any atom is 0.197 e. The summed E-state index contributed by atoms with van der Waals surface area (Å²) in [4.78, 5) is 12.3. The van der Waals surface area contributed by atoms with Gasteiger partial charge in [-0.2, -0.15) is 5.10 Å². The summed E-state index contributed by atoms with van der Waals surface area (Å²) in [5.41, 5.74) is 2.14. The Bertz CT molecular complexity index is 575. The Kier molecular flexibility index (Phi) is 3.82. The van der Waals surface area contributed by atoms with Gasteiger partial charge in [0.2, 0.25) is 0 Å². The minimum Gasteiger partial charge on any atom is -0.288 e. The fourth-order valence-electron chi connectivity index (χ4n) is 1.79. The summed E-state index contributed by atoms with van der Waals surface area (Å²) >= 11 is 6.09. The number of carbonyl (C=O) groups is 1. The van der Waals surface area contributed by atoms with Gasteiger partial charge >= 0.3 is 0 Å². The van der Waals surface area contributed by atoms with Gasteiger partial charge in [-0.05, 0) is 31.0 Å². The lowest BCUT2D eigenvalue weighted by Gasteiger charge is -2.02. The molecule has 0 amide bonds. The third-order valence-electron chi connectivity index (χ3n) is 2.72. The summed E-state index contributed by atoms with van der Waals surface area (Å²) in [5, 5.41) is 4.64. The highest BCUT2D eigenvalue weighted by Gasteiger charge is 2.14. The lowest BCUT2D eigenvalue weighted by atomic mass is 10.0. The number of aryl methyl sites for hydroxylation is 2. The predicted molar refractivity (Wildman–Crippen MR) is 72.1 cm³/mol. The van der Waals surface area contributed by atoms with Gasteiger partial charge in [-0.1, -0.05) is 24.6 Å². The van der Waals surface area contributed by atoms with Crippen molar-refractivity contribution < 1.29 is 4.79 Å². The molecular weight excluding hydrogens is 248 g/mol. The van der Waals surface area contributed by atoms with Crippen LogP contribution in [0.5, 0.6) is 0 Å². The third-order valence-corrected chi connectivity index (χ3v) is 3.03. The van der Waals surface area contributed by atoms with Gasteiger partial charge in [0.15, 0.2) is 5.78 Å². The van der Waals surface area contributed by atoms with Gasteiger partial charge in [-0.15, -0.1) is 0 Å². The Morgan fingerprint density at radius 2 is 2.22 bits per heavy atom. The smallest absolute Gasteiger partial charge is 0.197 e. The van der Waals surface area contributed by atoms with Crippen molar-refractivity contribution in [1.29, 1.82) is 0 Å². The second kappa shape index (κ2) is 5.36. The van der Waals surface area contributed by atoms with Crippen molar-refractivity contribution in [2.24, 2.45) is 0 Å². The van der Waals surface area contributed by atoms with Crippen LogP contribution < -0.4 is 0 Å². The van der Waals surface area contributed by atoms with Gasteiger partial charge in [0.25, 0.3) is 0 Å². The fraction of sp³-hybridized carbons (Fsp3) is 0.286. The van der Waals surface area contributed by atoms with Crippen LogP contribution in [-0.2, 0) is 6.54 Å². The normalized spacial score (nSPS) is 10.6. The average Bonchev–Trinajstić information content (AvgIpc) is 2.77. The highest BCUT2D eigenvalue weighted by Crippen LogP contribution is 2.20. The summed E-state index contributed by atoms with van der Waals surface area (Å²) < 4.78 is 1.77. The molecular formula is C14H15ClN2O. The summed E-state index contributed by atoms with van der Waals surface area (Å²) in [6.45, 7) is 4.83. The van der Waals surface area contributed by atoms with Crippen LogP contribution in [0.25, 0.3) is 0 Å². The lowest BCUT2D eigenvalue weighted by molar-refractivity contribution is 0.103. The molecule has 0 aliphatic heterocycles. The monoisotopic (exact) mass is 262 g/mol. The van der Waals surface area contributed by atoms with Gasteiger partial charge < -0.3 is 0 Å². The van der Waals surface area contributed by atoms with E-state index in [-0.39, 0.29) is 5.78 Å². The second-order valence-corrected chi connectivity index (χ2v) is 4.71. The number of hydrogen-bond acceptors (Lipinski definition) is 2. The van der Waals surface area contributed by atoms with E-state index in [0.717, 1.165) is 18.5 Å². The Hall–Kier alpha value is -1.61. The number of nitrogens with zero attached hydrogens (tertiary/aromatic N) is 2. The van der Waals surface area contributed by atoms with Crippen molar-refractivity contribution in [3.8, 4) is 0 Å². The minimum atomic E-state index is -0.0812. The number of carbonyl (C=O) groups excluding carboxylic acids is 1. The first-order valence-electron chi connectivity index (χ1n) is 5.95. The van der Waals surface area contributed by atoms with E-state index in [4.69, 9.17) is 11.6 Å². The van der Waals surface area contributed by atoms with E-state index in [0.29, 0.717) is 16.1 Å². The molecule has 1 heterocycles. The number of ketones is 1. The largest absolute Gasteiger partial charge is 0.288 e. The molecule has 0 radical (unpaired) electrons. The summed E-state index contributed by atoms with van der Waals surface area (Å²) in [5.74, 6) is -0.0812. The molecule has 4 heteroatoms.